The van der Waals surface area contributed by atoms with Gasteiger partial charge in [-0.1, -0.05) is 27.5 Å². The molecule has 0 aliphatic carbocycles. The molecule has 2 rings (SSSR count). The van der Waals surface area contributed by atoms with Gasteiger partial charge in [-0.15, -0.1) is 0 Å². The summed E-state index contributed by atoms with van der Waals surface area (Å²) in [6, 6.07) is 2.39. The van der Waals surface area contributed by atoms with Gasteiger partial charge in [0.05, 0.1) is 4.83 Å². The number of rotatable bonds is 2. The molecule has 0 saturated heterocycles. The molecule has 0 aromatic heterocycles. The SMILES string of the molecule is Fc1cc(F)c(C(Br)c2cc(F)c(F)cc2Cl)c(F)c1. The van der Waals surface area contributed by atoms with Gasteiger partial charge in [-0.2, -0.15) is 0 Å². The van der Waals surface area contributed by atoms with Crippen LogP contribution in [-0.4, -0.2) is 0 Å². The van der Waals surface area contributed by atoms with Gasteiger partial charge in [0, 0.05) is 22.7 Å². The van der Waals surface area contributed by atoms with Gasteiger partial charge in [0.1, 0.15) is 17.5 Å². The first-order valence-electron chi connectivity index (χ1n) is 5.24. The van der Waals surface area contributed by atoms with Crippen molar-refractivity contribution >= 4 is 27.5 Å². The molecule has 1 atom stereocenters. The molecule has 0 N–H and O–H groups in total. The first-order chi connectivity index (χ1) is 9.31. The molecule has 0 heterocycles. The van der Waals surface area contributed by atoms with Crippen LogP contribution in [0.1, 0.15) is 16.0 Å². The van der Waals surface area contributed by atoms with E-state index < -0.39 is 39.5 Å². The topological polar surface area (TPSA) is 0 Å². The maximum atomic E-state index is 13.6. The van der Waals surface area contributed by atoms with Crippen molar-refractivity contribution in [1.29, 1.82) is 0 Å². The molecule has 2 aromatic rings. The van der Waals surface area contributed by atoms with Crippen LogP contribution < -0.4 is 0 Å². The lowest BCUT2D eigenvalue weighted by atomic mass is 10.0. The Bertz CT molecular complexity index is 651. The summed E-state index contributed by atoms with van der Waals surface area (Å²) < 4.78 is 66.3. The Morgan fingerprint density at radius 3 is 1.85 bits per heavy atom. The van der Waals surface area contributed by atoms with E-state index in [4.69, 9.17) is 11.6 Å². The summed E-state index contributed by atoms with van der Waals surface area (Å²) in [4.78, 5) is -1.19. The summed E-state index contributed by atoms with van der Waals surface area (Å²) in [6.07, 6.45) is 0. The van der Waals surface area contributed by atoms with E-state index >= 15 is 0 Å². The highest BCUT2D eigenvalue weighted by Crippen LogP contribution is 2.38. The van der Waals surface area contributed by atoms with Gasteiger partial charge < -0.3 is 0 Å². The van der Waals surface area contributed by atoms with E-state index in [0.717, 1.165) is 6.07 Å². The fraction of sp³-hybridized carbons (Fsp3) is 0.0769. The molecule has 0 radical (unpaired) electrons. The Balaban J connectivity index is 2.57. The molecular formula is C13H5BrClF5. The standard InChI is InChI=1S/C13H5BrClF5/c14-13(6-3-8(17)9(18)4-7(6)15)12-10(19)1-5(16)2-11(12)20/h1-4,13H. The molecule has 0 aliphatic rings. The second-order valence-corrected chi connectivity index (χ2v) is 5.26. The highest BCUT2D eigenvalue weighted by Gasteiger charge is 2.24. The van der Waals surface area contributed by atoms with Gasteiger partial charge in [-0.3, -0.25) is 0 Å². The van der Waals surface area contributed by atoms with Crippen LogP contribution in [0.15, 0.2) is 24.3 Å². The van der Waals surface area contributed by atoms with Gasteiger partial charge in [0.2, 0.25) is 0 Å². The van der Waals surface area contributed by atoms with Gasteiger partial charge in [-0.25, -0.2) is 22.0 Å². The predicted molar refractivity (Wildman–Crippen MR) is 68.5 cm³/mol. The zero-order valence-corrected chi connectivity index (χ0v) is 11.9. The first-order valence-corrected chi connectivity index (χ1v) is 6.53. The van der Waals surface area contributed by atoms with E-state index in [-0.39, 0.29) is 10.6 Å². The van der Waals surface area contributed by atoms with E-state index in [9.17, 15) is 22.0 Å². The van der Waals surface area contributed by atoms with Crippen molar-refractivity contribution in [3.05, 3.63) is 69.5 Å². The third kappa shape index (κ3) is 2.81. The Morgan fingerprint density at radius 1 is 0.800 bits per heavy atom. The van der Waals surface area contributed by atoms with Gasteiger partial charge in [0.25, 0.3) is 0 Å². The average Bonchev–Trinajstić information content (AvgIpc) is 2.32. The second kappa shape index (κ2) is 5.69. The van der Waals surface area contributed by atoms with Crippen LogP contribution in [0.3, 0.4) is 0 Å². The van der Waals surface area contributed by atoms with Crippen LogP contribution in [0.2, 0.25) is 5.02 Å². The molecule has 106 valence electrons. The Hall–Kier alpha value is -1.14. The molecule has 2 aromatic carbocycles. The molecule has 20 heavy (non-hydrogen) atoms. The molecule has 0 bridgehead atoms. The molecule has 0 spiro atoms. The van der Waals surface area contributed by atoms with Crippen molar-refractivity contribution < 1.29 is 22.0 Å². The van der Waals surface area contributed by atoms with Crippen molar-refractivity contribution in [1.82, 2.24) is 0 Å². The van der Waals surface area contributed by atoms with Crippen LogP contribution >= 0.6 is 27.5 Å². The molecule has 0 fully saturated rings. The highest BCUT2D eigenvalue weighted by molar-refractivity contribution is 9.09. The number of benzene rings is 2. The van der Waals surface area contributed by atoms with Crippen LogP contribution in [0, 0.1) is 29.1 Å². The minimum atomic E-state index is -1.21. The van der Waals surface area contributed by atoms with E-state index in [2.05, 4.69) is 15.9 Å². The van der Waals surface area contributed by atoms with Crippen LogP contribution in [0.5, 0.6) is 0 Å². The summed E-state index contributed by atoms with van der Waals surface area (Å²) in [5.74, 6) is -5.80. The third-order valence-corrected chi connectivity index (χ3v) is 3.89. The largest absolute Gasteiger partial charge is 0.207 e. The van der Waals surface area contributed by atoms with Crippen molar-refractivity contribution in [2.45, 2.75) is 4.83 Å². The minimum absolute atomic E-state index is 0.0741. The Kier molecular flexibility index (Phi) is 4.34. The lowest BCUT2D eigenvalue weighted by molar-refractivity contribution is 0.506. The normalized spacial score (nSPS) is 12.6. The highest BCUT2D eigenvalue weighted by atomic mass is 79.9. The number of hydrogen-bond donors (Lipinski definition) is 0. The zero-order valence-electron chi connectivity index (χ0n) is 9.53. The van der Waals surface area contributed by atoms with Crippen LogP contribution in [0.25, 0.3) is 0 Å². The molecule has 0 saturated carbocycles. The molecule has 0 aliphatic heterocycles. The predicted octanol–water partition coefficient (Wildman–Crippen LogP) is 5.52. The van der Waals surface area contributed by atoms with Gasteiger partial charge >= 0.3 is 0 Å². The summed E-state index contributed by atoms with van der Waals surface area (Å²) in [5.41, 5.74) is -0.616. The third-order valence-electron chi connectivity index (χ3n) is 2.61. The second-order valence-electron chi connectivity index (χ2n) is 3.93. The van der Waals surface area contributed by atoms with Crippen molar-refractivity contribution in [3.63, 3.8) is 0 Å². The minimum Gasteiger partial charge on any atom is -0.207 e. The summed E-state index contributed by atoms with van der Waals surface area (Å²) in [6.45, 7) is 0. The molecular weight excluding hydrogens is 366 g/mol. The molecule has 1 unspecified atom stereocenters. The van der Waals surface area contributed by atoms with E-state index in [1.165, 1.54) is 0 Å². The molecule has 7 heteroatoms. The smallest absolute Gasteiger partial charge is 0.160 e. The Labute approximate surface area is 124 Å². The number of halogens is 7. The first kappa shape index (κ1) is 15.3. The lowest BCUT2D eigenvalue weighted by Gasteiger charge is -2.15. The quantitative estimate of drug-likeness (QED) is 0.370. The zero-order chi connectivity index (χ0) is 15.0. The lowest BCUT2D eigenvalue weighted by Crippen LogP contribution is -2.03. The van der Waals surface area contributed by atoms with Crippen LogP contribution in [0.4, 0.5) is 22.0 Å². The number of alkyl halides is 1. The van der Waals surface area contributed by atoms with E-state index in [1.807, 2.05) is 0 Å². The van der Waals surface area contributed by atoms with Gasteiger partial charge in [0.15, 0.2) is 11.6 Å². The summed E-state index contributed by atoms with van der Waals surface area (Å²) >= 11 is 8.68. The van der Waals surface area contributed by atoms with E-state index in [0.29, 0.717) is 18.2 Å². The van der Waals surface area contributed by atoms with Crippen molar-refractivity contribution in [2.24, 2.45) is 0 Å². The molecule has 0 amide bonds. The van der Waals surface area contributed by atoms with E-state index in [1.54, 1.807) is 0 Å². The van der Waals surface area contributed by atoms with Crippen molar-refractivity contribution in [2.75, 3.05) is 0 Å². The molecule has 0 nitrogen and oxygen atoms in total. The fourth-order valence-corrected chi connectivity index (χ4v) is 2.89. The summed E-state index contributed by atoms with van der Waals surface area (Å²) in [5, 5.41) is -0.214. The fourth-order valence-electron chi connectivity index (χ4n) is 1.68. The van der Waals surface area contributed by atoms with Crippen LogP contribution in [-0.2, 0) is 0 Å². The Morgan fingerprint density at radius 2 is 1.30 bits per heavy atom. The van der Waals surface area contributed by atoms with Crippen molar-refractivity contribution in [3.8, 4) is 0 Å². The van der Waals surface area contributed by atoms with Gasteiger partial charge in [-0.05, 0) is 17.7 Å². The maximum absolute atomic E-state index is 13.6. The maximum Gasteiger partial charge on any atom is 0.160 e. The summed E-state index contributed by atoms with van der Waals surface area (Å²) in [7, 11) is 0. The number of hydrogen-bond acceptors (Lipinski definition) is 0. The monoisotopic (exact) mass is 370 g/mol. The average molecular weight is 372 g/mol.